The Kier molecular flexibility index (Phi) is 4.37. The number of amides is 1. The van der Waals surface area contributed by atoms with E-state index in [0.717, 1.165) is 11.1 Å². The summed E-state index contributed by atoms with van der Waals surface area (Å²) in [5, 5.41) is 6.97. The average Bonchev–Trinajstić information content (AvgIpc) is 3.08. The normalized spacial score (nSPS) is 13.1. The molecule has 2 aromatic carbocycles. The summed E-state index contributed by atoms with van der Waals surface area (Å²) in [6.07, 6.45) is 0. The third-order valence-corrected chi connectivity index (χ3v) is 5.14. The van der Waals surface area contributed by atoms with Crippen LogP contribution in [-0.2, 0) is 4.79 Å². The first kappa shape index (κ1) is 17.2. The predicted octanol–water partition coefficient (Wildman–Crippen LogP) is 4.03. The van der Waals surface area contributed by atoms with Gasteiger partial charge in [0.25, 0.3) is 0 Å². The Hall–Kier alpha value is -3.19. The van der Waals surface area contributed by atoms with Gasteiger partial charge in [-0.3, -0.25) is 14.2 Å². The van der Waals surface area contributed by atoms with Crippen LogP contribution in [0.4, 0.5) is 5.82 Å². The number of thioether (sulfide) groups is 1. The molecule has 134 valence electrons. The van der Waals surface area contributed by atoms with Gasteiger partial charge in [0.15, 0.2) is 5.82 Å². The second-order valence-corrected chi connectivity index (χ2v) is 6.97. The summed E-state index contributed by atoms with van der Waals surface area (Å²) < 4.78 is 1.54. The van der Waals surface area contributed by atoms with Crippen molar-refractivity contribution < 1.29 is 9.59 Å². The Morgan fingerprint density at radius 3 is 2.00 bits per heavy atom. The molecule has 0 saturated carbocycles. The number of carbonyl (C=O) groups is 2. The first-order valence-electron chi connectivity index (χ1n) is 8.38. The quantitative estimate of drug-likeness (QED) is 0.677. The van der Waals surface area contributed by atoms with E-state index in [9.17, 15) is 9.59 Å². The van der Waals surface area contributed by atoms with Crippen LogP contribution in [0.3, 0.4) is 0 Å². The fourth-order valence-electron chi connectivity index (χ4n) is 2.86. The Morgan fingerprint density at radius 1 is 0.852 bits per heavy atom. The molecule has 0 saturated heterocycles. The van der Waals surface area contributed by atoms with Gasteiger partial charge >= 0.3 is 0 Å². The highest BCUT2D eigenvalue weighted by Crippen LogP contribution is 2.40. The van der Waals surface area contributed by atoms with Crippen LogP contribution < -0.4 is 5.01 Å². The lowest BCUT2D eigenvalue weighted by Gasteiger charge is -2.21. The highest BCUT2D eigenvalue weighted by atomic mass is 32.2. The minimum absolute atomic E-state index is 0.173. The highest BCUT2D eigenvalue weighted by molar-refractivity contribution is 8.14. The van der Waals surface area contributed by atoms with Crippen molar-refractivity contribution in [3.63, 3.8) is 0 Å². The maximum Gasteiger partial charge on any atom is 0.245 e. The fraction of sp³-hybridized carbons (Fsp3) is 0.100. The third kappa shape index (κ3) is 3.06. The van der Waals surface area contributed by atoms with Gasteiger partial charge in [-0.2, -0.15) is 10.1 Å². The maximum absolute atomic E-state index is 12.5. The Balaban J connectivity index is 1.92. The molecule has 0 fully saturated rings. The Morgan fingerprint density at radius 2 is 1.44 bits per heavy atom. The van der Waals surface area contributed by atoms with Gasteiger partial charge in [-0.1, -0.05) is 60.7 Å². The number of benzene rings is 2. The van der Waals surface area contributed by atoms with Crippen molar-refractivity contribution in [2.45, 2.75) is 18.9 Å². The molecule has 0 aliphatic carbocycles. The summed E-state index contributed by atoms with van der Waals surface area (Å²) in [6.45, 7) is 2.92. The molecule has 1 amide bonds. The zero-order chi connectivity index (χ0) is 19.0. The molecule has 2 heterocycles. The number of hydrogen-bond donors (Lipinski definition) is 0. The second-order valence-electron chi connectivity index (χ2n) is 5.99. The molecule has 0 bridgehead atoms. The number of anilines is 1. The summed E-state index contributed by atoms with van der Waals surface area (Å²) in [6, 6.07) is 19.0. The smallest absolute Gasteiger partial charge is 0.245 e. The Bertz CT molecular complexity index is 1060. The molecule has 6 nitrogen and oxygen atoms in total. The SMILES string of the molecule is CC(=O)N1N=C(c2ccccc2)Sc2c1nc(-c1ccccc1)n2C(C)=O. The minimum atomic E-state index is -0.266. The largest absolute Gasteiger partial charge is 0.274 e. The molecule has 27 heavy (non-hydrogen) atoms. The van der Waals surface area contributed by atoms with Crippen LogP contribution in [0.25, 0.3) is 11.4 Å². The molecule has 4 rings (SSSR count). The van der Waals surface area contributed by atoms with Crippen LogP contribution in [0.15, 0.2) is 70.8 Å². The lowest BCUT2D eigenvalue weighted by Crippen LogP contribution is -2.28. The molecule has 1 aromatic heterocycles. The van der Waals surface area contributed by atoms with Crippen molar-refractivity contribution >= 4 is 34.4 Å². The van der Waals surface area contributed by atoms with Crippen molar-refractivity contribution in [3.8, 4) is 11.4 Å². The summed E-state index contributed by atoms with van der Waals surface area (Å²) in [7, 11) is 0. The van der Waals surface area contributed by atoms with E-state index in [0.29, 0.717) is 21.7 Å². The number of imidazole rings is 1. The number of nitrogens with zero attached hydrogens (tertiary/aromatic N) is 4. The van der Waals surface area contributed by atoms with Gasteiger partial charge in [0, 0.05) is 25.0 Å². The van der Waals surface area contributed by atoms with Gasteiger partial charge in [0.2, 0.25) is 11.8 Å². The first-order valence-corrected chi connectivity index (χ1v) is 9.19. The number of hydrazone groups is 1. The number of aromatic nitrogens is 2. The highest BCUT2D eigenvalue weighted by Gasteiger charge is 2.32. The van der Waals surface area contributed by atoms with Crippen molar-refractivity contribution in [2.24, 2.45) is 5.10 Å². The molecule has 0 radical (unpaired) electrons. The molecule has 0 atom stereocenters. The molecule has 1 aliphatic heterocycles. The van der Waals surface area contributed by atoms with Gasteiger partial charge in [-0.15, -0.1) is 0 Å². The van der Waals surface area contributed by atoms with Crippen molar-refractivity contribution in [2.75, 3.05) is 5.01 Å². The molecular formula is C20H16N4O2S. The van der Waals surface area contributed by atoms with Gasteiger partial charge in [-0.05, 0) is 11.8 Å². The van der Waals surface area contributed by atoms with Crippen LogP contribution in [0.5, 0.6) is 0 Å². The number of carbonyl (C=O) groups excluding carboxylic acids is 2. The van der Waals surface area contributed by atoms with Crippen molar-refractivity contribution in [3.05, 3.63) is 66.2 Å². The van der Waals surface area contributed by atoms with E-state index in [1.54, 1.807) is 4.57 Å². The Labute approximate surface area is 160 Å². The molecule has 0 unspecified atom stereocenters. The van der Waals surface area contributed by atoms with E-state index >= 15 is 0 Å². The molecular weight excluding hydrogens is 360 g/mol. The molecule has 0 N–H and O–H groups in total. The van der Waals surface area contributed by atoms with E-state index in [1.165, 1.54) is 30.6 Å². The summed E-state index contributed by atoms with van der Waals surface area (Å²) >= 11 is 1.34. The van der Waals surface area contributed by atoms with Gasteiger partial charge in [0.1, 0.15) is 15.9 Å². The van der Waals surface area contributed by atoms with E-state index in [2.05, 4.69) is 10.1 Å². The van der Waals surface area contributed by atoms with Gasteiger partial charge < -0.3 is 0 Å². The number of fused-ring (bicyclic) bond motifs is 1. The molecule has 0 spiro atoms. The first-order chi connectivity index (χ1) is 13.1. The molecule has 3 aromatic rings. The summed E-state index contributed by atoms with van der Waals surface area (Å²) in [4.78, 5) is 29.3. The number of hydrogen-bond acceptors (Lipinski definition) is 5. The average molecular weight is 376 g/mol. The number of rotatable bonds is 2. The van der Waals surface area contributed by atoms with Crippen LogP contribution in [0.1, 0.15) is 24.2 Å². The minimum Gasteiger partial charge on any atom is -0.274 e. The monoisotopic (exact) mass is 376 g/mol. The zero-order valence-electron chi connectivity index (χ0n) is 14.8. The van der Waals surface area contributed by atoms with Crippen molar-refractivity contribution in [1.82, 2.24) is 9.55 Å². The van der Waals surface area contributed by atoms with E-state index in [1.807, 2.05) is 60.7 Å². The molecule has 7 heteroatoms. The van der Waals surface area contributed by atoms with Crippen LogP contribution in [0, 0.1) is 0 Å². The van der Waals surface area contributed by atoms with Gasteiger partial charge in [-0.25, -0.2) is 4.98 Å². The lowest BCUT2D eigenvalue weighted by molar-refractivity contribution is -0.116. The molecule has 1 aliphatic rings. The topological polar surface area (TPSA) is 67.6 Å². The van der Waals surface area contributed by atoms with Gasteiger partial charge in [0.05, 0.1) is 0 Å². The fourth-order valence-corrected chi connectivity index (χ4v) is 3.95. The van der Waals surface area contributed by atoms with Crippen LogP contribution in [0.2, 0.25) is 0 Å². The predicted molar refractivity (Wildman–Crippen MR) is 106 cm³/mol. The van der Waals surface area contributed by atoms with Crippen LogP contribution >= 0.6 is 11.8 Å². The van der Waals surface area contributed by atoms with E-state index in [-0.39, 0.29) is 11.8 Å². The van der Waals surface area contributed by atoms with Crippen molar-refractivity contribution in [1.29, 1.82) is 0 Å². The maximum atomic E-state index is 12.5. The third-order valence-electron chi connectivity index (χ3n) is 4.07. The summed E-state index contributed by atoms with van der Waals surface area (Å²) in [5.74, 6) is 0.434. The van der Waals surface area contributed by atoms with E-state index < -0.39 is 0 Å². The van der Waals surface area contributed by atoms with E-state index in [4.69, 9.17) is 0 Å². The second kappa shape index (κ2) is 6.85. The zero-order valence-corrected chi connectivity index (χ0v) is 15.6. The van der Waals surface area contributed by atoms with Crippen LogP contribution in [-0.4, -0.2) is 26.4 Å². The standard InChI is InChI=1S/C20H16N4O2S/c1-13(25)23-17(15-9-5-3-6-10-15)21-18-20(23)27-19(22-24(18)14(2)26)16-11-7-4-8-12-16/h3-12H,1-2H3. The lowest BCUT2D eigenvalue weighted by atomic mass is 10.2. The summed E-state index contributed by atoms with van der Waals surface area (Å²) in [5.41, 5.74) is 1.67.